The third-order valence-electron chi connectivity index (χ3n) is 2.19. The molecule has 17 heavy (non-hydrogen) atoms. The first-order valence-corrected chi connectivity index (χ1v) is 7.36. The van der Waals surface area contributed by atoms with Crippen molar-refractivity contribution < 1.29 is 8.42 Å². The molecule has 1 aromatic rings. The van der Waals surface area contributed by atoms with Crippen LogP contribution in [0.2, 0.25) is 0 Å². The van der Waals surface area contributed by atoms with Gasteiger partial charge in [0.2, 0.25) is 10.0 Å². The van der Waals surface area contributed by atoms with Crippen LogP contribution < -0.4 is 10.0 Å². The van der Waals surface area contributed by atoms with Gasteiger partial charge in [-0.2, -0.15) is 0 Å². The highest BCUT2D eigenvalue weighted by molar-refractivity contribution is 7.89. The van der Waals surface area contributed by atoms with E-state index in [0.717, 1.165) is 18.5 Å². The average molecular weight is 257 g/mol. The zero-order valence-corrected chi connectivity index (χ0v) is 10.8. The molecule has 1 heterocycles. The Labute approximate surface area is 103 Å². The maximum Gasteiger partial charge on any atom is 0.213 e. The van der Waals surface area contributed by atoms with E-state index in [9.17, 15) is 8.42 Å². The van der Waals surface area contributed by atoms with Crippen molar-refractivity contribution in [3.63, 3.8) is 0 Å². The first kappa shape index (κ1) is 14.1. The van der Waals surface area contributed by atoms with Gasteiger partial charge in [-0.05, 0) is 24.6 Å². The van der Waals surface area contributed by atoms with Crippen LogP contribution in [-0.4, -0.2) is 32.2 Å². The second-order valence-corrected chi connectivity index (χ2v) is 5.68. The van der Waals surface area contributed by atoms with E-state index in [2.05, 4.69) is 15.0 Å². The van der Waals surface area contributed by atoms with Crippen LogP contribution in [0.5, 0.6) is 0 Å². The molecular formula is C11H19N3O2S. The highest BCUT2D eigenvalue weighted by Gasteiger charge is 2.08. The SMILES string of the molecule is CCCNCCS(=O)(=O)NCc1cccnc1. The highest BCUT2D eigenvalue weighted by atomic mass is 32.2. The topological polar surface area (TPSA) is 71.1 Å². The first-order chi connectivity index (χ1) is 8.14. The molecule has 5 nitrogen and oxygen atoms in total. The van der Waals surface area contributed by atoms with Gasteiger partial charge in [-0.3, -0.25) is 4.98 Å². The Balaban J connectivity index is 2.30. The lowest BCUT2D eigenvalue weighted by Gasteiger charge is -2.07. The Bertz CT molecular complexity index is 406. The summed E-state index contributed by atoms with van der Waals surface area (Å²) in [6.07, 6.45) is 4.31. The molecule has 0 unspecified atom stereocenters. The molecule has 96 valence electrons. The molecule has 0 aliphatic rings. The predicted molar refractivity (Wildman–Crippen MR) is 68.0 cm³/mol. The van der Waals surface area contributed by atoms with Gasteiger partial charge in [0.1, 0.15) is 0 Å². The fourth-order valence-electron chi connectivity index (χ4n) is 1.28. The number of sulfonamides is 1. The summed E-state index contributed by atoms with van der Waals surface area (Å²) >= 11 is 0. The van der Waals surface area contributed by atoms with Gasteiger partial charge in [0.25, 0.3) is 0 Å². The Hall–Kier alpha value is -0.980. The Morgan fingerprint density at radius 1 is 1.35 bits per heavy atom. The largest absolute Gasteiger partial charge is 0.316 e. The van der Waals surface area contributed by atoms with Gasteiger partial charge in [-0.15, -0.1) is 0 Å². The first-order valence-electron chi connectivity index (χ1n) is 5.71. The minimum Gasteiger partial charge on any atom is -0.316 e. The fraction of sp³-hybridized carbons (Fsp3) is 0.545. The molecule has 6 heteroatoms. The number of aromatic nitrogens is 1. The van der Waals surface area contributed by atoms with E-state index in [0.29, 0.717) is 13.1 Å². The molecule has 1 rings (SSSR count). The summed E-state index contributed by atoms with van der Waals surface area (Å²) in [7, 11) is -3.20. The van der Waals surface area contributed by atoms with Crippen LogP contribution in [0, 0.1) is 0 Å². The molecule has 0 aromatic carbocycles. The van der Waals surface area contributed by atoms with Gasteiger partial charge in [0.05, 0.1) is 5.75 Å². The van der Waals surface area contributed by atoms with Gasteiger partial charge in [-0.25, -0.2) is 13.1 Å². The van der Waals surface area contributed by atoms with Crippen molar-refractivity contribution in [2.45, 2.75) is 19.9 Å². The van der Waals surface area contributed by atoms with E-state index in [4.69, 9.17) is 0 Å². The summed E-state index contributed by atoms with van der Waals surface area (Å²) in [5.74, 6) is 0.104. The Kier molecular flexibility index (Phi) is 6.10. The quantitative estimate of drug-likeness (QED) is 0.665. The molecule has 2 N–H and O–H groups in total. The zero-order chi connectivity index (χ0) is 12.6. The number of hydrogen-bond acceptors (Lipinski definition) is 4. The lowest BCUT2D eigenvalue weighted by Crippen LogP contribution is -2.31. The van der Waals surface area contributed by atoms with Crippen molar-refractivity contribution in [1.82, 2.24) is 15.0 Å². The second kappa shape index (κ2) is 7.37. The molecule has 0 aliphatic carbocycles. The third-order valence-corrected chi connectivity index (χ3v) is 3.52. The van der Waals surface area contributed by atoms with Crippen molar-refractivity contribution in [3.05, 3.63) is 30.1 Å². The molecule has 0 radical (unpaired) electrons. The van der Waals surface area contributed by atoms with Gasteiger partial charge in [0, 0.05) is 25.5 Å². The van der Waals surface area contributed by atoms with E-state index >= 15 is 0 Å². The van der Waals surface area contributed by atoms with E-state index in [1.165, 1.54) is 0 Å². The maximum atomic E-state index is 11.6. The van der Waals surface area contributed by atoms with Crippen LogP contribution in [0.25, 0.3) is 0 Å². The summed E-state index contributed by atoms with van der Waals surface area (Å²) in [5.41, 5.74) is 0.859. The van der Waals surface area contributed by atoms with Gasteiger partial charge in [0.15, 0.2) is 0 Å². The molecule has 0 fully saturated rings. The molecule has 0 amide bonds. The van der Waals surface area contributed by atoms with Crippen LogP contribution in [0.3, 0.4) is 0 Å². The number of nitrogens with zero attached hydrogens (tertiary/aromatic N) is 1. The van der Waals surface area contributed by atoms with Crippen molar-refractivity contribution in [2.24, 2.45) is 0 Å². The van der Waals surface area contributed by atoms with Crippen LogP contribution in [0.4, 0.5) is 0 Å². The molecular weight excluding hydrogens is 238 g/mol. The van der Waals surface area contributed by atoms with Crippen LogP contribution in [0.1, 0.15) is 18.9 Å². The summed E-state index contributed by atoms with van der Waals surface area (Å²) < 4.78 is 25.7. The predicted octanol–water partition coefficient (Wildman–Crippen LogP) is 0.501. The van der Waals surface area contributed by atoms with Crippen LogP contribution >= 0.6 is 0 Å². The molecule has 0 atom stereocenters. The van der Waals surface area contributed by atoms with E-state index < -0.39 is 10.0 Å². The number of rotatable bonds is 8. The third kappa shape index (κ3) is 6.35. The van der Waals surface area contributed by atoms with Gasteiger partial charge < -0.3 is 5.32 Å². The average Bonchev–Trinajstić information content (AvgIpc) is 2.34. The van der Waals surface area contributed by atoms with Crippen molar-refractivity contribution in [1.29, 1.82) is 0 Å². The van der Waals surface area contributed by atoms with Crippen molar-refractivity contribution in [2.75, 3.05) is 18.8 Å². The molecule has 0 saturated carbocycles. The summed E-state index contributed by atoms with van der Waals surface area (Å²) in [5, 5.41) is 3.06. The lowest BCUT2D eigenvalue weighted by molar-refractivity contribution is 0.576. The molecule has 0 spiro atoms. The van der Waals surface area contributed by atoms with E-state index in [-0.39, 0.29) is 5.75 Å². The summed E-state index contributed by atoms with van der Waals surface area (Å²) in [4.78, 5) is 3.92. The molecule has 1 aromatic heterocycles. The minimum atomic E-state index is -3.20. The van der Waals surface area contributed by atoms with Crippen molar-refractivity contribution >= 4 is 10.0 Å². The molecule has 0 aliphatic heterocycles. The standard InChI is InChI=1S/C11H19N3O2S/c1-2-5-12-7-8-17(15,16)14-10-11-4-3-6-13-9-11/h3-4,6,9,12,14H,2,5,7-8,10H2,1H3. The van der Waals surface area contributed by atoms with Gasteiger partial charge >= 0.3 is 0 Å². The smallest absolute Gasteiger partial charge is 0.213 e. The number of nitrogens with one attached hydrogen (secondary N) is 2. The van der Waals surface area contributed by atoms with Gasteiger partial charge in [-0.1, -0.05) is 13.0 Å². The molecule has 0 bridgehead atoms. The normalized spacial score (nSPS) is 11.6. The van der Waals surface area contributed by atoms with Crippen LogP contribution in [0.15, 0.2) is 24.5 Å². The highest BCUT2D eigenvalue weighted by Crippen LogP contribution is 1.96. The molecule has 0 saturated heterocycles. The van der Waals surface area contributed by atoms with E-state index in [1.54, 1.807) is 18.5 Å². The maximum absolute atomic E-state index is 11.6. The fourth-order valence-corrected chi connectivity index (χ4v) is 2.22. The summed E-state index contributed by atoms with van der Waals surface area (Å²) in [6, 6.07) is 3.62. The van der Waals surface area contributed by atoms with E-state index in [1.807, 2.05) is 13.0 Å². The Morgan fingerprint density at radius 3 is 2.82 bits per heavy atom. The summed E-state index contributed by atoms with van der Waals surface area (Å²) in [6.45, 7) is 3.67. The number of hydrogen-bond donors (Lipinski definition) is 2. The minimum absolute atomic E-state index is 0.104. The zero-order valence-electron chi connectivity index (χ0n) is 10.0. The lowest BCUT2D eigenvalue weighted by atomic mass is 10.3. The second-order valence-electron chi connectivity index (χ2n) is 3.75. The monoisotopic (exact) mass is 257 g/mol. The Morgan fingerprint density at radius 2 is 2.18 bits per heavy atom. The van der Waals surface area contributed by atoms with Crippen LogP contribution in [-0.2, 0) is 16.6 Å². The number of pyridine rings is 1. The van der Waals surface area contributed by atoms with Crippen molar-refractivity contribution in [3.8, 4) is 0 Å².